The van der Waals surface area contributed by atoms with Gasteiger partial charge in [-0.2, -0.15) is 0 Å². The van der Waals surface area contributed by atoms with Gasteiger partial charge in [-0.3, -0.25) is 4.79 Å². The minimum absolute atomic E-state index is 0.0714. The zero-order valence-corrected chi connectivity index (χ0v) is 9.66. The van der Waals surface area contributed by atoms with Crippen molar-refractivity contribution in [3.8, 4) is 0 Å². The lowest BCUT2D eigenvalue weighted by Crippen LogP contribution is -2.14. The Morgan fingerprint density at radius 2 is 1.87 bits per heavy atom. The normalized spacial score (nSPS) is 12.3. The zero-order chi connectivity index (χ0) is 12.0. The number of hydrogen-bond acceptors (Lipinski definition) is 4. The minimum atomic E-state index is -0.841. The number of rotatable bonds is 5. The van der Waals surface area contributed by atoms with Gasteiger partial charge in [0.25, 0.3) is 0 Å². The quantitative estimate of drug-likeness (QED) is 0.432. The van der Waals surface area contributed by atoms with Gasteiger partial charge in [0.2, 0.25) is 5.76 Å². The molecule has 0 aliphatic heterocycles. The van der Waals surface area contributed by atoms with Gasteiger partial charge in [-0.05, 0) is 19.8 Å². The van der Waals surface area contributed by atoms with Gasteiger partial charge in [-0.15, -0.1) is 0 Å². The molecule has 0 saturated carbocycles. The number of Topliss-reactive ketones (excluding diaryl/α,β-unsaturated/α-hetero) is 1. The van der Waals surface area contributed by atoms with E-state index in [-0.39, 0.29) is 23.9 Å². The van der Waals surface area contributed by atoms with Crippen molar-refractivity contribution < 1.29 is 19.4 Å². The van der Waals surface area contributed by atoms with Crippen molar-refractivity contribution in [2.75, 3.05) is 6.61 Å². The lowest BCUT2D eigenvalue weighted by Gasteiger charge is -2.06. The number of aliphatic hydroxyl groups is 1. The van der Waals surface area contributed by atoms with Crippen LogP contribution in [0.25, 0.3) is 0 Å². The smallest absolute Gasteiger partial charge is 0.373 e. The lowest BCUT2D eigenvalue weighted by atomic mass is 10.0. The third kappa shape index (κ3) is 4.63. The van der Waals surface area contributed by atoms with E-state index >= 15 is 0 Å². The summed E-state index contributed by atoms with van der Waals surface area (Å²) in [5, 5.41) is 9.38. The van der Waals surface area contributed by atoms with E-state index in [1.807, 2.05) is 13.8 Å². The lowest BCUT2D eigenvalue weighted by molar-refractivity contribution is -0.142. The second-order valence-electron chi connectivity index (χ2n) is 3.72. The van der Waals surface area contributed by atoms with E-state index in [0.717, 1.165) is 0 Å². The molecule has 0 atom stereocenters. The molecule has 0 unspecified atom stereocenters. The van der Waals surface area contributed by atoms with Crippen molar-refractivity contribution >= 4 is 11.8 Å². The molecule has 0 bridgehead atoms. The summed E-state index contributed by atoms with van der Waals surface area (Å²) in [6.07, 6.45) is 0.315. The van der Waals surface area contributed by atoms with Crippen molar-refractivity contribution in [2.24, 2.45) is 5.92 Å². The highest BCUT2D eigenvalue weighted by Gasteiger charge is 2.18. The molecule has 0 aromatic heterocycles. The molecule has 86 valence electrons. The van der Waals surface area contributed by atoms with Crippen molar-refractivity contribution in [3.63, 3.8) is 0 Å². The Hall–Kier alpha value is -1.32. The van der Waals surface area contributed by atoms with Crippen LogP contribution in [0.5, 0.6) is 0 Å². The van der Waals surface area contributed by atoms with Crippen molar-refractivity contribution in [1.29, 1.82) is 0 Å². The second-order valence-corrected chi connectivity index (χ2v) is 3.72. The van der Waals surface area contributed by atoms with Crippen LogP contribution in [0.3, 0.4) is 0 Å². The van der Waals surface area contributed by atoms with Gasteiger partial charge in [-0.25, -0.2) is 4.79 Å². The van der Waals surface area contributed by atoms with Gasteiger partial charge in [0.05, 0.1) is 6.61 Å². The number of hydrogen-bond donors (Lipinski definition) is 1. The fourth-order valence-electron chi connectivity index (χ4n) is 1.01. The highest BCUT2D eigenvalue weighted by Crippen LogP contribution is 2.10. The summed E-state index contributed by atoms with van der Waals surface area (Å²) in [4.78, 5) is 22.6. The SMILES string of the molecule is CCOC(=O)/C(O)=C(\C)C(=O)CC(C)C. The van der Waals surface area contributed by atoms with Crippen molar-refractivity contribution in [1.82, 2.24) is 0 Å². The highest BCUT2D eigenvalue weighted by atomic mass is 16.5. The summed E-state index contributed by atoms with van der Waals surface area (Å²) in [5.41, 5.74) is 0.0714. The summed E-state index contributed by atoms with van der Waals surface area (Å²) in [5.74, 6) is -1.45. The molecule has 0 heterocycles. The Kier molecular flexibility index (Phi) is 5.67. The van der Waals surface area contributed by atoms with E-state index in [1.165, 1.54) is 6.92 Å². The predicted octanol–water partition coefficient (Wildman–Crippen LogP) is 2.00. The number of carbonyl (C=O) groups is 2. The monoisotopic (exact) mass is 214 g/mol. The maximum atomic E-state index is 11.5. The molecule has 4 heteroatoms. The molecule has 0 amide bonds. The van der Waals surface area contributed by atoms with E-state index < -0.39 is 11.7 Å². The molecule has 0 aromatic rings. The molecule has 0 spiro atoms. The molecule has 0 fully saturated rings. The average molecular weight is 214 g/mol. The van der Waals surface area contributed by atoms with E-state index in [2.05, 4.69) is 4.74 Å². The van der Waals surface area contributed by atoms with Gasteiger partial charge >= 0.3 is 5.97 Å². The topological polar surface area (TPSA) is 63.6 Å². The summed E-state index contributed by atoms with van der Waals surface area (Å²) in [7, 11) is 0. The number of aliphatic hydroxyl groups excluding tert-OH is 1. The molecule has 1 N–H and O–H groups in total. The number of ether oxygens (including phenoxy) is 1. The molecular formula is C11H18O4. The fraction of sp³-hybridized carbons (Fsp3) is 0.636. The summed E-state index contributed by atoms with van der Waals surface area (Å²) >= 11 is 0. The van der Waals surface area contributed by atoms with E-state index in [9.17, 15) is 14.7 Å². The summed E-state index contributed by atoms with van der Waals surface area (Å²) in [6, 6.07) is 0. The minimum Gasteiger partial charge on any atom is -0.502 e. The van der Waals surface area contributed by atoms with Crippen LogP contribution in [-0.2, 0) is 14.3 Å². The Balaban J connectivity index is 4.62. The predicted molar refractivity (Wildman–Crippen MR) is 56.4 cm³/mol. The van der Waals surface area contributed by atoms with Gasteiger partial charge < -0.3 is 9.84 Å². The van der Waals surface area contributed by atoms with E-state index in [1.54, 1.807) is 6.92 Å². The van der Waals surface area contributed by atoms with Crippen molar-refractivity contribution in [2.45, 2.75) is 34.1 Å². The molecule has 0 radical (unpaired) electrons. The first kappa shape index (κ1) is 13.7. The van der Waals surface area contributed by atoms with Crippen LogP contribution in [0.2, 0.25) is 0 Å². The van der Waals surface area contributed by atoms with Gasteiger partial charge in [0.1, 0.15) is 0 Å². The summed E-state index contributed by atoms with van der Waals surface area (Å²) in [6.45, 7) is 7.03. The van der Waals surface area contributed by atoms with Crippen LogP contribution in [0.15, 0.2) is 11.3 Å². The maximum absolute atomic E-state index is 11.5. The Morgan fingerprint density at radius 3 is 2.27 bits per heavy atom. The molecule has 4 nitrogen and oxygen atoms in total. The Morgan fingerprint density at radius 1 is 1.33 bits per heavy atom. The Labute approximate surface area is 89.9 Å². The number of esters is 1. The number of ketones is 1. The van der Waals surface area contributed by atoms with Crippen LogP contribution < -0.4 is 0 Å². The maximum Gasteiger partial charge on any atom is 0.373 e. The number of carbonyl (C=O) groups excluding carboxylic acids is 2. The van der Waals surface area contributed by atoms with E-state index in [0.29, 0.717) is 6.42 Å². The fourth-order valence-corrected chi connectivity index (χ4v) is 1.01. The molecule has 0 aliphatic carbocycles. The van der Waals surface area contributed by atoms with Crippen LogP contribution in [0, 0.1) is 5.92 Å². The van der Waals surface area contributed by atoms with Crippen molar-refractivity contribution in [3.05, 3.63) is 11.3 Å². The second kappa shape index (κ2) is 6.22. The van der Waals surface area contributed by atoms with Gasteiger partial charge in [0.15, 0.2) is 5.78 Å². The molecule has 0 saturated heterocycles. The first-order valence-electron chi connectivity index (χ1n) is 5.00. The largest absolute Gasteiger partial charge is 0.502 e. The zero-order valence-electron chi connectivity index (χ0n) is 9.66. The molecule has 0 rings (SSSR count). The van der Waals surface area contributed by atoms with Gasteiger partial charge in [0, 0.05) is 12.0 Å². The molecular weight excluding hydrogens is 196 g/mol. The van der Waals surface area contributed by atoms with Crippen LogP contribution in [0.1, 0.15) is 34.1 Å². The number of allylic oxidation sites excluding steroid dienone is 1. The third-order valence-electron chi connectivity index (χ3n) is 1.84. The van der Waals surface area contributed by atoms with Crippen LogP contribution in [0.4, 0.5) is 0 Å². The first-order valence-corrected chi connectivity index (χ1v) is 5.00. The van der Waals surface area contributed by atoms with Gasteiger partial charge in [-0.1, -0.05) is 13.8 Å². The Bertz CT molecular complexity index is 276. The summed E-state index contributed by atoms with van der Waals surface area (Å²) < 4.78 is 4.58. The standard InChI is InChI=1S/C11H18O4/c1-5-15-11(14)10(13)8(4)9(12)6-7(2)3/h7,13H,5-6H2,1-4H3/b10-8-. The molecule has 0 aliphatic rings. The third-order valence-corrected chi connectivity index (χ3v) is 1.84. The molecule has 15 heavy (non-hydrogen) atoms. The van der Waals surface area contributed by atoms with Crippen LogP contribution >= 0.6 is 0 Å². The van der Waals surface area contributed by atoms with Crippen LogP contribution in [-0.4, -0.2) is 23.5 Å². The first-order chi connectivity index (χ1) is 6.90. The average Bonchev–Trinajstić information content (AvgIpc) is 2.14. The highest BCUT2D eigenvalue weighted by molar-refractivity contribution is 6.02. The molecule has 0 aromatic carbocycles. The van der Waals surface area contributed by atoms with E-state index in [4.69, 9.17) is 0 Å².